The Hall–Kier alpha value is -9.42. The van der Waals surface area contributed by atoms with Gasteiger partial charge in [-0.1, -0.05) is 133 Å². The van der Waals surface area contributed by atoms with Crippen molar-refractivity contribution in [3.63, 3.8) is 0 Å². The highest BCUT2D eigenvalue weighted by Gasteiger charge is 2.23. The molecule has 0 radical (unpaired) electrons. The van der Waals surface area contributed by atoms with E-state index in [9.17, 15) is 0 Å². The highest BCUT2D eigenvalue weighted by atomic mass is 32.1. The van der Waals surface area contributed by atoms with Gasteiger partial charge in [0, 0.05) is 81.5 Å². The van der Waals surface area contributed by atoms with Gasteiger partial charge in [0.05, 0.1) is 11.0 Å². The molecule has 15 aromatic rings. The summed E-state index contributed by atoms with van der Waals surface area (Å²) in [6.07, 6.45) is 0. The molecule has 5 heteroatoms. The molecule has 0 saturated heterocycles. The van der Waals surface area contributed by atoms with Crippen LogP contribution in [0.4, 0.5) is 34.1 Å². The van der Waals surface area contributed by atoms with Gasteiger partial charge in [-0.25, -0.2) is 0 Å². The molecule has 0 aliphatic carbocycles. The van der Waals surface area contributed by atoms with E-state index in [1.807, 2.05) is 23.5 Å². The van der Waals surface area contributed by atoms with Crippen molar-refractivity contribution in [1.29, 1.82) is 0 Å². The summed E-state index contributed by atoms with van der Waals surface area (Å²) in [5.74, 6) is 0. The first kappa shape index (κ1) is 41.4. The third-order valence-electron chi connectivity index (χ3n) is 14.6. The third kappa shape index (κ3) is 6.81. The summed E-state index contributed by atoms with van der Waals surface area (Å²) >= 11 is 1.87. The van der Waals surface area contributed by atoms with Crippen LogP contribution in [-0.2, 0) is 0 Å². The lowest BCUT2D eigenvalue weighted by molar-refractivity contribution is 0.669. The van der Waals surface area contributed by atoms with E-state index < -0.39 is 0 Å². The van der Waals surface area contributed by atoms with E-state index in [2.05, 4.69) is 263 Å². The maximum Gasteiger partial charge on any atom is 0.135 e. The van der Waals surface area contributed by atoms with Crippen LogP contribution in [0, 0.1) is 0 Å². The Labute approximate surface area is 425 Å². The Morgan fingerprint density at radius 3 is 1.70 bits per heavy atom. The molecule has 15 rings (SSSR count). The summed E-state index contributed by atoms with van der Waals surface area (Å²) in [5.41, 5.74) is 13.7. The normalized spacial score (nSPS) is 11.8. The van der Waals surface area contributed by atoms with Gasteiger partial charge in [-0.05, 0) is 160 Å². The van der Waals surface area contributed by atoms with Gasteiger partial charge in [0.25, 0.3) is 0 Å². The van der Waals surface area contributed by atoms with E-state index in [0.717, 1.165) is 78.4 Å². The SMILES string of the molecule is c1ccc(N(c2cc(-c3ccc4c(c3)c3cc5ccc6sc7ccccc7c6c5cc3n4-c3ccccc3)cc(N(c3ccccc3)c3ccc4oc5ccccc5c4c3)c2)c2ccc3ccccc3c2)cc1. The lowest BCUT2D eigenvalue weighted by atomic mass is 9.98. The molecule has 12 aromatic carbocycles. The Balaban J connectivity index is 1.00. The number of rotatable bonds is 8. The van der Waals surface area contributed by atoms with E-state index in [4.69, 9.17) is 4.42 Å². The number of para-hydroxylation sites is 4. The molecule has 0 fully saturated rings. The number of hydrogen-bond donors (Lipinski definition) is 0. The van der Waals surface area contributed by atoms with Crippen LogP contribution in [0.5, 0.6) is 0 Å². The zero-order valence-corrected chi connectivity index (χ0v) is 40.3. The lowest BCUT2D eigenvalue weighted by Gasteiger charge is -2.30. The molecule has 0 bridgehead atoms. The molecule has 0 aliphatic heterocycles. The van der Waals surface area contributed by atoms with Crippen LogP contribution in [0.15, 0.2) is 265 Å². The van der Waals surface area contributed by atoms with Crippen LogP contribution in [0.2, 0.25) is 0 Å². The molecule has 0 atom stereocenters. The Bertz CT molecular complexity index is 4630. The quantitative estimate of drug-likeness (QED) is 0.152. The number of aromatic nitrogens is 1. The molecule has 73 heavy (non-hydrogen) atoms. The predicted molar refractivity (Wildman–Crippen MR) is 311 cm³/mol. The highest BCUT2D eigenvalue weighted by Crippen LogP contribution is 2.47. The molecular weight excluding hydrogens is 907 g/mol. The Morgan fingerprint density at radius 1 is 0.301 bits per heavy atom. The predicted octanol–water partition coefficient (Wildman–Crippen LogP) is 20.0. The van der Waals surface area contributed by atoms with E-state index in [1.54, 1.807) is 0 Å². The van der Waals surface area contributed by atoms with Crippen molar-refractivity contribution in [2.24, 2.45) is 0 Å². The van der Waals surface area contributed by atoms with Gasteiger partial charge in [0.15, 0.2) is 0 Å². The van der Waals surface area contributed by atoms with E-state index in [-0.39, 0.29) is 0 Å². The van der Waals surface area contributed by atoms with Crippen molar-refractivity contribution in [3.05, 3.63) is 261 Å². The largest absolute Gasteiger partial charge is 0.456 e. The molecule has 0 amide bonds. The van der Waals surface area contributed by atoms with Crippen LogP contribution in [-0.4, -0.2) is 4.57 Å². The van der Waals surface area contributed by atoms with Crippen molar-refractivity contribution in [3.8, 4) is 16.8 Å². The van der Waals surface area contributed by atoms with Crippen LogP contribution >= 0.6 is 11.3 Å². The molecule has 342 valence electrons. The highest BCUT2D eigenvalue weighted by molar-refractivity contribution is 7.26. The van der Waals surface area contributed by atoms with Crippen molar-refractivity contribution >= 4 is 131 Å². The average molecular weight is 950 g/mol. The maximum atomic E-state index is 6.38. The standard InChI is InChI=1S/C68H43N3OS/c1-4-18-49(19-5-1)69(52-31-28-44-16-10-11-17-45(44)36-52)54-37-48(38-55(41-54)70(50-20-6-2-7-21-50)53-32-34-65-61(42-53)56-24-12-14-26-64(56)72-65)46-29-33-62-59(39-46)60-40-47-30-35-67-68(57-25-13-15-27-66(57)73-67)58(47)43-63(60)71(62)51-22-8-3-9-23-51/h1-43H. The molecule has 3 heterocycles. The molecule has 0 aliphatic rings. The molecule has 4 nitrogen and oxygen atoms in total. The number of nitrogens with zero attached hydrogens (tertiary/aromatic N) is 3. The molecule has 0 unspecified atom stereocenters. The Kier molecular flexibility index (Phi) is 9.41. The van der Waals surface area contributed by atoms with Crippen molar-refractivity contribution in [1.82, 2.24) is 4.57 Å². The number of benzene rings is 12. The Morgan fingerprint density at radius 2 is 0.918 bits per heavy atom. The minimum Gasteiger partial charge on any atom is -0.456 e. The summed E-state index contributed by atoms with van der Waals surface area (Å²) in [6.45, 7) is 0. The lowest BCUT2D eigenvalue weighted by Crippen LogP contribution is -2.13. The molecule has 3 aromatic heterocycles. The fourth-order valence-electron chi connectivity index (χ4n) is 11.3. The fourth-order valence-corrected chi connectivity index (χ4v) is 12.5. The number of hydrogen-bond acceptors (Lipinski definition) is 4. The van der Waals surface area contributed by atoms with Crippen LogP contribution in [0.25, 0.3) is 102 Å². The maximum absolute atomic E-state index is 6.38. The topological polar surface area (TPSA) is 24.6 Å². The molecule has 0 spiro atoms. The second kappa shape index (κ2) is 16.6. The van der Waals surface area contributed by atoms with Crippen molar-refractivity contribution in [2.45, 2.75) is 0 Å². The number of thiophene rings is 1. The van der Waals surface area contributed by atoms with Crippen LogP contribution < -0.4 is 9.80 Å². The zero-order valence-electron chi connectivity index (χ0n) is 39.5. The minimum absolute atomic E-state index is 0.864. The second-order valence-corrected chi connectivity index (χ2v) is 20.0. The van der Waals surface area contributed by atoms with Gasteiger partial charge in [-0.15, -0.1) is 11.3 Å². The van der Waals surface area contributed by atoms with Gasteiger partial charge in [0.1, 0.15) is 11.2 Å². The first-order valence-corrected chi connectivity index (χ1v) is 25.6. The summed E-state index contributed by atoms with van der Waals surface area (Å²) in [5, 5.41) is 12.1. The molecular formula is C68H43N3OS. The van der Waals surface area contributed by atoms with Crippen LogP contribution in [0.3, 0.4) is 0 Å². The van der Waals surface area contributed by atoms with Crippen molar-refractivity contribution < 1.29 is 4.42 Å². The van der Waals surface area contributed by atoms with Gasteiger partial charge in [-0.2, -0.15) is 0 Å². The van der Waals surface area contributed by atoms with E-state index in [1.165, 1.54) is 58.0 Å². The van der Waals surface area contributed by atoms with Gasteiger partial charge in [0.2, 0.25) is 0 Å². The van der Waals surface area contributed by atoms with Gasteiger partial charge < -0.3 is 18.8 Å². The van der Waals surface area contributed by atoms with Gasteiger partial charge in [-0.3, -0.25) is 0 Å². The summed E-state index contributed by atoms with van der Waals surface area (Å²) in [4.78, 5) is 4.79. The molecule has 0 saturated carbocycles. The number of fused-ring (bicyclic) bond motifs is 12. The van der Waals surface area contributed by atoms with E-state index in [0.29, 0.717) is 0 Å². The summed E-state index contributed by atoms with van der Waals surface area (Å²) in [7, 11) is 0. The first-order valence-electron chi connectivity index (χ1n) is 24.8. The monoisotopic (exact) mass is 949 g/mol. The fraction of sp³-hybridized carbons (Fsp3) is 0. The number of anilines is 6. The number of furan rings is 1. The summed E-state index contributed by atoms with van der Waals surface area (Å²) < 4.78 is 11.5. The first-order chi connectivity index (χ1) is 36.2. The zero-order chi connectivity index (χ0) is 48.0. The van der Waals surface area contributed by atoms with Gasteiger partial charge >= 0.3 is 0 Å². The second-order valence-electron chi connectivity index (χ2n) is 18.9. The van der Waals surface area contributed by atoms with E-state index >= 15 is 0 Å². The van der Waals surface area contributed by atoms with Crippen LogP contribution in [0.1, 0.15) is 0 Å². The third-order valence-corrected chi connectivity index (χ3v) is 15.8. The minimum atomic E-state index is 0.864. The smallest absolute Gasteiger partial charge is 0.135 e. The average Bonchev–Trinajstić information content (AvgIpc) is 4.13. The van der Waals surface area contributed by atoms with Crippen molar-refractivity contribution in [2.75, 3.05) is 9.80 Å². The summed E-state index contributed by atoms with van der Waals surface area (Å²) in [6, 6.07) is 95.0. The molecule has 0 N–H and O–H groups in total.